The van der Waals surface area contributed by atoms with Crippen molar-refractivity contribution in [1.29, 1.82) is 0 Å². The van der Waals surface area contributed by atoms with E-state index in [0.29, 0.717) is 17.3 Å². The number of aryl methyl sites for hydroxylation is 2. The van der Waals surface area contributed by atoms with Crippen LogP contribution < -0.4 is 5.32 Å². The van der Waals surface area contributed by atoms with Crippen LogP contribution in [0.3, 0.4) is 0 Å². The van der Waals surface area contributed by atoms with E-state index in [1.807, 2.05) is 0 Å². The Labute approximate surface area is 114 Å². The number of nitrogens with one attached hydrogen (secondary N) is 1. The molecule has 1 amide bonds. The van der Waals surface area contributed by atoms with E-state index in [9.17, 15) is 9.59 Å². The van der Waals surface area contributed by atoms with Gasteiger partial charge in [0.05, 0.1) is 12.1 Å². The molecule has 0 bridgehead atoms. The molecule has 8 nitrogen and oxygen atoms in total. The van der Waals surface area contributed by atoms with Crippen LogP contribution in [0.25, 0.3) is 0 Å². The summed E-state index contributed by atoms with van der Waals surface area (Å²) in [6, 6.07) is 1.54. The van der Waals surface area contributed by atoms with Gasteiger partial charge in [0.15, 0.2) is 5.82 Å². The highest BCUT2D eigenvalue weighted by atomic mass is 16.5. The monoisotopic (exact) mass is 278 g/mol. The van der Waals surface area contributed by atoms with Crippen LogP contribution in [0.1, 0.15) is 17.0 Å². The summed E-state index contributed by atoms with van der Waals surface area (Å²) in [5, 5.41) is 18.9. The Hall–Kier alpha value is -2.64. The standard InChI is InChI=1S/C12H14N4O4/c1-7-9(8(2)20-15-7)5-11(17)13-10-3-4-16(14-10)6-12(18)19/h3-4H,5-6H2,1-2H3,(H,18,19)(H,13,14,17). The van der Waals surface area contributed by atoms with Crippen molar-refractivity contribution in [2.45, 2.75) is 26.8 Å². The smallest absolute Gasteiger partial charge is 0.325 e. The minimum absolute atomic E-state index is 0.132. The topological polar surface area (TPSA) is 110 Å². The van der Waals surface area contributed by atoms with Crippen LogP contribution in [0.2, 0.25) is 0 Å². The number of carbonyl (C=O) groups is 2. The van der Waals surface area contributed by atoms with E-state index in [-0.39, 0.29) is 18.9 Å². The Bertz CT molecular complexity index is 624. The molecule has 0 unspecified atom stereocenters. The molecule has 0 aliphatic heterocycles. The molecule has 106 valence electrons. The number of carboxylic acid groups (broad SMARTS) is 1. The van der Waals surface area contributed by atoms with Gasteiger partial charge in [0.2, 0.25) is 5.91 Å². The number of anilines is 1. The van der Waals surface area contributed by atoms with Gasteiger partial charge >= 0.3 is 5.97 Å². The summed E-state index contributed by atoms with van der Waals surface area (Å²) in [5.74, 6) is -0.348. The number of aliphatic carboxylic acids is 1. The molecular formula is C12H14N4O4. The minimum Gasteiger partial charge on any atom is -0.480 e. The third-order valence-electron chi connectivity index (χ3n) is 2.72. The van der Waals surface area contributed by atoms with Gasteiger partial charge in [-0.2, -0.15) is 5.10 Å². The van der Waals surface area contributed by atoms with Crippen LogP contribution in [0.5, 0.6) is 0 Å². The van der Waals surface area contributed by atoms with Gasteiger partial charge in [-0.3, -0.25) is 14.3 Å². The lowest BCUT2D eigenvalue weighted by atomic mass is 10.1. The second-order valence-corrected chi connectivity index (χ2v) is 4.32. The Balaban J connectivity index is 1.98. The fourth-order valence-electron chi connectivity index (χ4n) is 1.76. The van der Waals surface area contributed by atoms with Crippen molar-refractivity contribution in [3.8, 4) is 0 Å². The highest BCUT2D eigenvalue weighted by Gasteiger charge is 2.14. The fraction of sp³-hybridized carbons (Fsp3) is 0.333. The minimum atomic E-state index is -0.998. The Kier molecular flexibility index (Phi) is 3.83. The maximum absolute atomic E-state index is 11.9. The van der Waals surface area contributed by atoms with Crippen molar-refractivity contribution in [3.05, 3.63) is 29.3 Å². The van der Waals surface area contributed by atoms with Crippen LogP contribution in [-0.2, 0) is 22.6 Å². The average Bonchev–Trinajstić information content (AvgIpc) is 2.90. The zero-order valence-corrected chi connectivity index (χ0v) is 11.1. The number of amides is 1. The number of hydrogen-bond donors (Lipinski definition) is 2. The number of carboxylic acids is 1. The first kappa shape index (κ1) is 13.8. The molecule has 2 aromatic rings. The number of rotatable bonds is 5. The van der Waals surface area contributed by atoms with E-state index < -0.39 is 5.97 Å². The van der Waals surface area contributed by atoms with E-state index in [2.05, 4.69) is 15.6 Å². The quantitative estimate of drug-likeness (QED) is 0.835. The molecule has 8 heteroatoms. The number of aromatic nitrogens is 3. The van der Waals surface area contributed by atoms with Crippen LogP contribution in [0.4, 0.5) is 5.82 Å². The molecule has 0 saturated carbocycles. The van der Waals surface area contributed by atoms with E-state index >= 15 is 0 Å². The van der Waals surface area contributed by atoms with E-state index in [4.69, 9.17) is 9.63 Å². The molecule has 0 spiro atoms. The summed E-state index contributed by atoms with van der Waals surface area (Å²) in [6.07, 6.45) is 1.62. The van der Waals surface area contributed by atoms with Crippen molar-refractivity contribution < 1.29 is 19.2 Å². The highest BCUT2D eigenvalue weighted by Crippen LogP contribution is 2.13. The maximum atomic E-state index is 11.9. The third kappa shape index (κ3) is 3.22. The number of carbonyl (C=O) groups excluding carboxylic acids is 1. The first-order valence-corrected chi connectivity index (χ1v) is 5.92. The van der Waals surface area contributed by atoms with E-state index in [1.54, 1.807) is 13.8 Å². The number of hydrogen-bond acceptors (Lipinski definition) is 5. The molecule has 20 heavy (non-hydrogen) atoms. The van der Waals surface area contributed by atoms with Gasteiger partial charge in [-0.15, -0.1) is 0 Å². The summed E-state index contributed by atoms with van der Waals surface area (Å²) in [6.45, 7) is 3.25. The molecule has 0 atom stereocenters. The van der Waals surface area contributed by atoms with Crippen molar-refractivity contribution in [3.63, 3.8) is 0 Å². The Morgan fingerprint density at radius 3 is 2.80 bits per heavy atom. The fourth-order valence-corrected chi connectivity index (χ4v) is 1.76. The van der Waals surface area contributed by atoms with Gasteiger partial charge in [-0.05, 0) is 13.8 Å². The predicted molar refractivity (Wildman–Crippen MR) is 68.2 cm³/mol. The molecule has 0 aliphatic rings. The third-order valence-corrected chi connectivity index (χ3v) is 2.72. The first-order chi connectivity index (χ1) is 9.45. The van der Waals surface area contributed by atoms with Gasteiger partial charge in [-0.1, -0.05) is 5.16 Å². The van der Waals surface area contributed by atoms with Crippen molar-refractivity contribution in [2.75, 3.05) is 5.32 Å². The van der Waals surface area contributed by atoms with Gasteiger partial charge in [0, 0.05) is 17.8 Å². The first-order valence-electron chi connectivity index (χ1n) is 5.92. The lowest BCUT2D eigenvalue weighted by Crippen LogP contribution is -2.16. The molecule has 2 rings (SSSR count). The summed E-state index contributed by atoms with van der Waals surface area (Å²) in [7, 11) is 0. The molecule has 2 aromatic heterocycles. The summed E-state index contributed by atoms with van der Waals surface area (Å²) in [4.78, 5) is 22.4. The van der Waals surface area contributed by atoms with Crippen LogP contribution >= 0.6 is 0 Å². The normalized spacial score (nSPS) is 10.5. The zero-order chi connectivity index (χ0) is 14.7. The largest absolute Gasteiger partial charge is 0.480 e. The molecule has 2 heterocycles. The van der Waals surface area contributed by atoms with Gasteiger partial charge in [0.25, 0.3) is 0 Å². The number of nitrogens with zero attached hydrogens (tertiary/aromatic N) is 3. The molecule has 0 fully saturated rings. The molecule has 0 aliphatic carbocycles. The Morgan fingerprint density at radius 2 is 2.20 bits per heavy atom. The SMILES string of the molecule is Cc1noc(C)c1CC(=O)Nc1ccn(CC(=O)O)n1. The van der Waals surface area contributed by atoms with Gasteiger partial charge < -0.3 is 14.9 Å². The van der Waals surface area contributed by atoms with Crippen molar-refractivity contribution in [1.82, 2.24) is 14.9 Å². The Morgan fingerprint density at radius 1 is 1.45 bits per heavy atom. The molecule has 0 saturated heterocycles. The van der Waals surface area contributed by atoms with E-state index in [0.717, 1.165) is 5.56 Å². The second-order valence-electron chi connectivity index (χ2n) is 4.32. The lowest BCUT2D eigenvalue weighted by Gasteiger charge is -2.01. The van der Waals surface area contributed by atoms with Gasteiger partial charge in [0.1, 0.15) is 12.3 Å². The zero-order valence-electron chi connectivity index (χ0n) is 11.1. The average molecular weight is 278 g/mol. The van der Waals surface area contributed by atoms with E-state index in [1.165, 1.54) is 16.9 Å². The predicted octanol–water partition coefficient (Wildman–Crippen LogP) is 0.754. The summed E-state index contributed by atoms with van der Waals surface area (Å²) >= 11 is 0. The summed E-state index contributed by atoms with van der Waals surface area (Å²) < 4.78 is 6.21. The van der Waals surface area contributed by atoms with Crippen LogP contribution in [0, 0.1) is 13.8 Å². The maximum Gasteiger partial charge on any atom is 0.325 e. The van der Waals surface area contributed by atoms with Gasteiger partial charge in [-0.25, -0.2) is 0 Å². The van der Waals surface area contributed by atoms with Crippen LogP contribution in [-0.4, -0.2) is 31.9 Å². The molecule has 0 radical (unpaired) electrons. The van der Waals surface area contributed by atoms with Crippen molar-refractivity contribution >= 4 is 17.7 Å². The molecular weight excluding hydrogens is 264 g/mol. The highest BCUT2D eigenvalue weighted by molar-refractivity contribution is 5.91. The lowest BCUT2D eigenvalue weighted by molar-refractivity contribution is -0.137. The molecule has 0 aromatic carbocycles. The summed E-state index contributed by atoms with van der Waals surface area (Å²) in [5.41, 5.74) is 1.42. The second kappa shape index (κ2) is 5.55. The molecule has 2 N–H and O–H groups in total. The van der Waals surface area contributed by atoms with Crippen molar-refractivity contribution in [2.24, 2.45) is 0 Å². The van der Waals surface area contributed by atoms with Crippen LogP contribution in [0.15, 0.2) is 16.8 Å².